The first-order valence-electron chi connectivity index (χ1n) is 6.08. The fourth-order valence-electron chi connectivity index (χ4n) is 2.21. The molecule has 19 heavy (non-hydrogen) atoms. The molecule has 0 spiro atoms. The van der Waals surface area contributed by atoms with E-state index < -0.39 is 0 Å². The molecule has 0 N–H and O–H groups in total. The molecule has 1 atom stereocenters. The van der Waals surface area contributed by atoms with Crippen molar-refractivity contribution in [2.45, 2.75) is 12.8 Å². The molecule has 1 aliphatic heterocycles. The second-order valence-electron chi connectivity index (χ2n) is 4.61. The SMILES string of the molecule is CC1C=C(c2ccc(Cl)cc2)Oc2ccc(F)cc21. The first kappa shape index (κ1) is 12.2. The van der Waals surface area contributed by atoms with Crippen LogP contribution in [0.5, 0.6) is 5.75 Å². The summed E-state index contributed by atoms with van der Waals surface area (Å²) in [6.45, 7) is 2.02. The van der Waals surface area contributed by atoms with Crippen LogP contribution in [0.1, 0.15) is 24.0 Å². The highest BCUT2D eigenvalue weighted by Gasteiger charge is 2.20. The zero-order valence-corrected chi connectivity index (χ0v) is 11.1. The molecule has 1 unspecified atom stereocenters. The molecule has 1 aliphatic rings. The van der Waals surface area contributed by atoms with E-state index in [9.17, 15) is 4.39 Å². The van der Waals surface area contributed by atoms with Gasteiger partial charge >= 0.3 is 0 Å². The van der Waals surface area contributed by atoms with E-state index in [2.05, 4.69) is 0 Å². The van der Waals surface area contributed by atoms with Crippen molar-refractivity contribution < 1.29 is 9.13 Å². The van der Waals surface area contributed by atoms with Gasteiger partial charge in [0.05, 0.1) is 0 Å². The van der Waals surface area contributed by atoms with Crippen molar-refractivity contribution in [1.29, 1.82) is 0 Å². The monoisotopic (exact) mass is 274 g/mol. The van der Waals surface area contributed by atoms with Gasteiger partial charge in [0, 0.05) is 22.1 Å². The zero-order valence-electron chi connectivity index (χ0n) is 10.4. The van der Waals surface area contributed by atoms with E-state index in [1.807, 2.05) is 37.3 Å². The summed E-state index contributed by atoms with van der Waals surface area (Å²) in [4.78, 5) is 0. The van der Waals surface area contributed by atoms with E-state index in [0.29, 0.717) is 10.8 Å². The van der Waals surface area contributed by atoms with Crippen LogP contribution >= 0.6 is 11.6 Å². The summed E-state index contributed by atoms with van der Waals surface area (Å²) in [6.07, 6.45) is 1.99. The van der Waals surface area contributed by atoms with Gasteiger partial charge in [0.15, 0.2) is 0 Å². The topological polar surface area (TPSA) is 9.23 Å². The average Bonchev–Trinajstić information content (AvgIpc) is 2.40. The number of fused-ring (bicyclic) bond motifs is 1. The lowest BCUT2D eigenvalue weighted by molar-refractivity contribution is 0.486. The van der Waals surface area contributed by atoms with E-state index in [0.717, 1.165) is 16.9 Å². The summed E-state index contributed by atoms with van der Waals surface area (Å²) in [7, 11) is 0. The zero-order chi connectivity index (χ0) is 13.4. The fraction of sp³-hybridized carbons (Fsp3) is 0.125. The maximum absolute atomic E-state index is 13.2. The molecular formula is C16H12ClFO. The quantitative estimate of drug-likeness (QED) is 0.710. The average molecular weight is 275 g/mol. The van der Waals surface area contributed by atoms with Crippen LogP contribution in [0.25, 0.3) is 5.76 Å². The van der Waals surface area contributed by atoms with Gasteiger partial charge in [-0.25, -0.2) is 4.39 Å². The maximum Gasteiger partial charge on any atom is 0.131 e. The standard InChI is InChI=1S/C16H12ClFO/c1-10-8-16(11-2-4-12(17)5-3-11)19-15-7-6-13(18)9-14(10)15/h2-10H,1H3. The molecule has 0 aromatic heterocycles. The van der Waals surface area contributed by atoms with Crippen molar-refractivity contribution in [1.82, 2.24) is 0 Å². The molecule has 1 heterocycles. The summed E-state index contributed by atoms with van der Waals surface area (Å²) in [5.41, 5.74) is 1.84. The molecule has 3 rings (SSSR count). The van der Waals surface area contributed by atoms with Gasteiger partial charge < -0.3 is 4.74 Å². The molecule has 2 aromatic rings. The van der Waals surface area contributed by atoms with Gasteiger partial charge in [-0.3, -0.25) is 0 Å². The van der Waals surface area contributed by atoms with Crippen molar-refractivity contribution in [2.75, 3.05) is 0 Å². The molecule has 0 aliphatic carbocycles. The molecule has 0 saturated carbocycles. The maximum atomic E-state index is 13.2. The molecule has 96 valence electrons. The first-order chi connectivity index (χ1) is 9.13. The van der Waals surface area contributed by atoms with Crippen LogP contribution in [0.15, 0.2) is 48.5 Å². The van der Waals surface area contributed by atoms with Gasteiger partial charge in [0.2, 0.25) is 0 Å². The number of hydrogen-bond donors (Lipinski definition) is 0. The molecular weight excluding hydrogens is 263 g/mol. The van der Waals surface area contributed by atoms with Crippen LogP contribution in [0.4, 0.5) is 4.39 Å². The molecule has 1 nitrogen and oxygen atoms in total. The van der Waals surface area contributed by atoms with Crippen molar-refractivity contribution in [3.05, 3.63) is 70.5 Å². The molecule has 0 bridgehead atoms. The second kappa shape index (κ2) is 4.71. The largest absolute Gasteiger partial charge is 0.457 e. The lowest BCUT2D eigenvalue weighted by Gasteiger charge is -2.22. The minimum Gasteiger partial charge on any atom is -0.457 e. The normalized spacial score (nSPS) is 17.4. The van der Waals surface area contributed by atoms with E-state index in [1.54, 1.807) is 6.07 Å². The highest BCUT2D eigenvalue weighted by atomic mass is 35.5. The number of hydrogen-bond acceptors (Lipinski definition) is 1. The Morgan fingerprint density at radius 2 is 1.84 bits per heavy atom. The number of halogens is 2. The Morgan fingerprint density at radius 1 is 1.11 bits per heavy atom. The van der Waals surface area contributed by atoms with Gasteiger partial charge in [0.25, 0.3) is 0 Å². The Hall–Kier alpha value is -1.80. The summed E-state index contributed by atoms with van der Waals surface area (Å²) in [5.74, 6) is 1.37. The molecule has 0 saturated heterocycles. The van der Waals surface area contributed by atoms with Gasteiger partial charge in [-0.1, -0.05) is 18.5 Å². The third kappa shape index (κ3) is 2.36. The smallest absolute Gasteiger partial charge is 0.131 e. The summed E-state index contributed by atoms with van der Waals surface area (Å²) < 4.78 is 19.1. The van der Waals surface area contributed by atoms with E-state index in [-0.39, 0.29) is 11.7 Å². The fourth-order valence-corrected chi connectivity index (χ4v) is 2.33. The molecule has 0 radical (unpaired) electrons. The first-order valence-corrected chi connectivity index (χ1v) is 6.46. The molecule has 3 heteroatoms. The predicted octanol–water partition coefficient (Wildman–Crippen LogP) is 5.02. The van der Waals surface area contributed by atoms with Crippen LogP contribution in [-0.2, 0) is 0 Å². The lowest BCUT2D eigenvalue weighted by Crippen LogP contribution is -2.07. The Morgan fingerprint density at radius 3 is 2.58 bits per heavy atom. The van der Waals surface area contributed by atoms with E-state index >= 15 is 0 Å². The third-order valence-electron chi connectivity index (χ3n) is 3.21. The minimum absolute atomic E-state index is 0.116. The second-order valence-corrected chi connectivity index (χ2v) is 5.05. The van der Waals surface area contributed by atoms with Crippen molar-refractivity contribution >= 4 is 17.4 Å². The number of rotatable bonds is 1. The molecule has 2 aromatic carbocycles. The van der Waals surface area contributed by atoms with Gasteiger partial charge in [-0.2, -0.15) is 0 Å². The summed E-state index contributed by atoms with van der Waals surface area (Å²) in [5, 5.41) is 0.690. The highest BCUT2D eigenvalue weighted by molar-refractivity contribution is 6.30. The van der Waals surface area contributed by atoms with Crippen molar-refractivity contribution in [3.8, 4) is 5.75 Å². The van der Waals surface area contributed by atoms with Gasteiger partial charge in [0.1, 0.15) is 17.3 Å². The van der Waals surface area contributed by atoms with Crippen LogP contribution in [0, 0.1) is 5.82 Å². The van der Waals surface area contributed by atoms with Gasteiger partial charge in [-0.05, 0) is 48.5 Å². The van der Waals surface area contributed by atoms with Crippen molar-refractivity contribution in [3.63, 3.8) is 0 Å². The number of benzene rings is 2. The molecule has 0 fully saturated rings. The molecule has 0 amide bonds. The van der Waals surface area contributed by atoms with Crippen LogP contribution < -0.4 is 4.74 Å². The van der Waals surface area contributed by atoms with Crippen LogP contribution in [0.2, 0.25) is 5.02 Å². The Labute approximate surface area is 116 Å². The van der Waals surface area contributed by atoms with Crippen molar-refractivity contribution in [2.24, 2.45) is 0 Å². The number of allylic oxidation sites excluding steroid dienone is 1. The van der Waals surface area contributed by atoms with E-state index in [4.69, 9.17) is 16.3 Å². The van der Waals surface area contributed by atoms with E-state index in [1.165, 1.54) is 12.1 Å². The minimum atomic E-state index is -0.238. The number of ether oxygens (including phenoxy) is 1. The predicted molar refractivity (Wildman–Crippen MR) is 74.9 cm³/mol. The Bertz CT molecular complexity index is 646. The highest BCUT2D eigenvalue weighted by Crippen LogP contribution is 2.37. The summed E-state index contributed by atoms with van der Waals surface area (Å²) in [6, 6.07) is 12.1. The van der Waals surface area contributed by atoms with Crippen LogP contribution in [0.3, 0.4) is 0 Å². The van der Waals surface area contributed by atoms with Crippen LogP contribution in [-0.4, -0.2) is 0 Å². The third-order valence-corrected chi connectivity index (χ3v) is 3.46. The van der Waals surface area contributed by atoms with Gasteiger partial charge in [-0.15, -0.1) is 0 Å². The Kier molecular flexibility index (Phi) is 3.03. The lowest BCUT2D eigenvalue weighted by atomic mass is 9.95. The summed E-state index contributed by atoms with van der Waals surface area (Å²) >= 11 is 5.88. The Balaban J connectivity index is 1.99.